The molecule has 1 aromatic heterocycles. The van der Waals surface area contributed by atoms with Gasteiger partial charge in [0.05, 0.1) is 6.54 Å². The van der Waals surface area contributed by atoms with Crippen LogP contribution in [0, 0.1) is 5.82 Å². The van der Waals surface area contributed by atoms with E-state index in [-0.39, 0.29) is 29.8 Å². The summed E-state index contributed by atoms with van der Waals surface area (Å²) in [7, 11) is 0. The predicted molar refractivity (Wildman–Crippen MR) is 105 cm³/mol. The van der Waals surface area contributed by atoms with Crippen LogP contribution in [0.2, 0.25) is 0 Å². The van der Waals surface area contributed by atoms with E-state index < -0.39 is 0 Å². The summed E-state index contributed by atoms with van der Waals surface area (Å²) in [5.74, 6) is 0.353. The monoisotopic (exact) mass is 441 g/mol. The molecule has 1 saturated heterocycles. The van der Waals surface area contributed by atoms with Crippen molar-refractivity contribution < 1.29 is 4.39 Å². The number of nitrogens with two attached hydrogens (primary N) is 1. The topological polar surface area (TPSA) is 57.8 Å². The quantitative estimate of drug-likeness (QED) is 0.452. The van der Waals surface area contributed by atoms with Crippen LogP contribution in [0.25, 0.3) is 0 Å². The van der Waals surface area contributed by atoms with Crippen LogP contribution in [0.15, 0.2) is 53.8 Å². The molecule has 2 N–H and O–H groups in total. The van der Waals surface area contributed by atoms with E-state index in [2.05, 4.69) is 19.8 Å². The average molecular weight is 441 g/mol. The first-order chi connectivity index (χ1) is 11.2. The molecule has 0 unspecified atom stereocenters. The zero-order chi connectivity index (χ0) is 16.1. The molecular weight excluding hydrogens is 420 g/mol. The highest BCUT2D eigenvalue weighted by Gasteiger charge is 2.18. The van der Waals surface area contributed by atoms with Crippen LogP contribution >= 0.6 is 24.0 Å². The summed E-state index contributed by atoms with van der Waals surface area (Å²) in [4.78, 5) is 12.8. The number of hydrogen-bond acceptors (Lipinski definition) is 3. The lowest BCUT2D eigenvalue weighted by Gasteiger charge is -2.36. The maximum atomic E-state index is 13.0. The van der Waals surface area contributed by atoms with Gasteiger partial charge in [0.15, 0.2) is 5.96 Å². The molecule has 0 saturated carbocycles. The van der Waals surface area contributed by atoms with Crippen LogP contribution in [-0.2, 0) is 6.54 Å². The fourth-order valence-electron chi connectivity index (χ4n) is 2.61. The van der Waals surface area contributed by atoms with Crippen molar-refractivity contribution in [2.75, 3.05) is 31.1 Å². The third kappa shape index (κ3) is 4.80. The van der Waals surface area contributed by atoms with Gasteiger partial charge in [-0.15, -0.1) is 24.0 Å². The summed E-state index contributed by atoms with van der Waals surface area (Å²) >= 11 is 0. The summed E-state index contributed by atoms with van der Waals surface area (Å²) in [6.07, 6.45) is 3.54. The lowest BCUT2D eigenvalue weighted by atomic mass is 10.2. The van der Waals surface area contributed by atoms with E-state index in [1.54, 1.807) is 12.4 Å². The normalized spacial score (nSPS) is 15.1. The van der Waals surface area contributed by atoms with Crippen LogP contribution in [0.4, 0.5) is 10.1 Å². The minimum absolute atomic E-state index is 0. The van der Waals surface area contributed by atoms with E-state index in [9.17, 15) is 4.39 Å². The van der Waals surface area contributed by atoms with Gasteiger partial charge in [0.2, 0.25) is 0 Å². The third-order valence-electron chi connectivity index (χ3n) is 3.94. The second-order valence-electron chi connectivity index (χ2n) is 5.49. The summed E-state index contributed by atoms with van der Waals surface area (Å²) in [6, 6.07) is 10.5. The molecule has 5 nitrogen and oxygen atoms in total. The van der Waals surface area contributed by atoms with Crippen molar-refractivity contribution in [1.29, 1.82) is 0 Å². The zero-order valence-electron chi connectivity index (χ0n) is 13.3. The molecule has 0 amide bonds. The van der Waals surface area contributed by atoms with Crippen molar-refractivity contribution in [2.45, 2.75) is 6.54 Å². The van der Waals surface area contributed by atoms with Crippen LogP contribution in [0.5, 0.6) is 0 Å². The SMILES string of the molecule is I.NC(=NCc1cccnc1)N1CCN(c2ccc(F)cc2)CC1. The van der Waals surface area contributed by atoms with Crippen LogP contribution in [-0.4, -0.2) is 42.0 Å². The number of pyridine rings is 1. The summed E-state index contributed by atoms with van der Waals surface area (Å²) < 4.78 is 13.0. The number of guanidine groups is 1. The molecule has 0 radical (unpaired) electrons. The van der Waals surface area contributed by atoms with Gasteiger partial charge in [0.1, 0.15) is 5.82 Å². The van der Waals surface area contributed by atoms with Crippen molar-refractivity contribution in [3.8, 4) is 0 Å². The Morgan fingerprint density at radius 3 is 2.46 bits per heavy atom. The van der Waals surface area contributed by atoms with Crippen molar-refractivity contribution >= 4 is 35.6 Å². The number of rotatable bonds is 3. The number of nitrogens with zero attached hydrogens (tertiary/aromatic N) is 4. The summed E-state index contributed by atoms with van der Waals surface area (Å²) in [5, 5.41) is 0. The Balaban J connectivity index is 0.00000208. The number of piperazine rings is 1. The second kappa shape index (κ2) is 8.81. The molecule has 2 aromatic rings. The molecule has 7 heteroatoms. The molecule has 24 heavy (non-hydrogen) atoms. The van der Waals surface area contributed by atoms with Crippen molar-refractivity contribution in [3.05, 3.63) is 60.2 Å². The van der Waals surface area contributed by atoms with Gasteiger partial charge < -0.3 is 15.5 Å². The Hall–Kier alpha value is -1.90. The Labute approximate surface area is 158 Å². The highest BCUT2D eigenvalue weighted by Crippen LogP contribution is 2.16. The summed E-state index contributed by atoms with van der Waals surface area (Å²) in [5.41, 5.74) is 8.17. The van der Waals surface area contributed by atoms with Gasteiger partial charge in [-0.3, -0.25) is 4.98 Å². The predicted octanol–water partition coefficient (Wildman–Crippen LogP) is 2.48. The second-order valence-corrected chi connectivity index (χ2v) is 5.49. The lowest BCUT2D eigenvalue weighted by Crippen LogP contribution is -2.51. The number of anilines is 1. The maximum Gasteiger partial charge on any atom is 0.191 e. The molecular formula is C17H21FIN5. The van der Waals surface area contributed by atoms with Gasteiger partial charge in [0.25, 0.3) is 0 Å². The number of aliphatic imine (C=N–C) groups is 1. The molecule has 2 heterocycles. The van der Waals surface area contributed by atoms with E-state index in [0.29, 0.717) is 12.5 Å². The van der Waals surface area contributed by atoms with Crippen molar-refractivity contribution in [2.24, 2.45) is 10.7 Å². The molecule has 0 spiro atoms. The van der Waals surface area contributed by atoms with Gasteiger partial charge in [-0.1, -0.05) is 6.07 Å². The molecule has 0 aliphatic carbocycles. The van der Waals surface area contributed by atoms with Crippen molar-refractivity contribution in [1.82, 2.24) is 9.88 Å². The maximum absolute atomic E-state index is 13.0. The zero-order valence-corrected chi connectivity index (χ0v) is 15.6. The molecule has 1 aliphatic heterocycles. The minimum Gasteiger partial charge on any atom is -0.370 e. The third-order valence-corrected chi connectivity index (χ3v) is 3.94. The Kier molecular flexibility index (Phi) is 6.77. The highest BCUT2D eigenvalue weighted by molar-refractivity contribution is 14.0. The van der Waals surface area contributed by atoms with Gasteiger partial charge in [0, 0.05) is 44.3 Å². The Bertz CT molecular complexity index is 654. The minimum atomic E-state index is -0.209. The first kappa shape index (κ1) is 18.4. The van der Waals surface area contributed by atoms with E-state index in [1.165, 1.54) is 12.1 Å². The molecule has 1 aliphatic rings. The Morgan fingerprint density at radius 2 is 1.83 bits per heavy atom. The fourth-order valence-corrected chi connectivity index (χ4v) is 2.61. The number of hydrogen-bond donors (Lipinski definition) is 1. The lowest BCUT2D eigenvalue weighted by molar-refractivity contribution is 0.380. The number of aromatic nitrogens is 1. The molecule has 3 rings (SSSR count). The fraction of sp³-hybridized carbons (Fsp3) is 0.294. The van der Waals surface area contributed by atoms with Crippen molar-refractivity contribution in [3.63, 3.8) is 0 Å². The highest BCUT2D eigenvalue weighted by atomic mass is 127. The van der Waals surface area contributed by atoms with Gasteiger partial charge in [-0.05, 0) is 35.9 Å². The van der Waals surface area contributed by atoms with E-state index in [4.69, 9.17) is 5.73 Å². The average Bonchev–Trinajstić information content (AvgIpc) is 2.61. The molecule has 0 atom stereocenters. The number of benzene rings is 1. The summed E-state index contributed by atoms with van der Waals surface area (Å²) in [6.45, 7) is 3.83. The largest absolute Gasteiger partial charge is 0.370 e. The number of halogens is 2. The molecule has 128 valence electrons. The van der Waals surface area contributed by atoms with E-state index in [0.717, 1.165) is 37.4 Å². The van der Waals surface area contributed by atoms with Crippen LogP contribution in [0.3, 0.4) is 0 Å². The molecule has 1 fully saturated rings. The first-order valence-corrected chi connectivity index (χ1v) is 7.66. The van der Waals surface area contributed by atoms with E-state index in [1.807, 2.05) is 24.3 Å². The van der Waals surface area contributed by atoms with Crippen LogP contribution in [0.1, 0.15) is 5.56 Å². The van der Waals surface area contributed by atoms with E-state index >= 15 is 0 Å². The van der Waals surface area contributed by atoms with Gasteiger partial charge >= 0.3 is 0 Å². The van der Waals surface area contributed by atoms with Gasteiger partial charge in [-0.2, -0.15) is 0 Å². The first-order valence-electron chi connectivity index (χ1n) is 7.66. The smallest absolute Gasteiger partial charge is 0.191 e. The molecule has 1 aromatic carbocycles. The van der Waals surface area contributed by atoms with Gasteiger partial charge in [-0.25, -0.2) is 9.38 Å². The Morgan fingerprint density at radius 1 is 1.12 bits per heavy atom. The standard InChI is InChI=1S/C17H20FN5.HI/c18-15-3-5-16(6-4-15)22-8-10-23(11-9-22)17(19)21-13-14-2-1-7-20-12-14;/h1-7,12H,8-11,13H2,(H2,19,21);1H. The van der Waals surface area contributed by atoms with Crippen LogP contribution < -0.4 is 10.6 Å². The molecule has 0 bridgehead atoms.